The zero-order chi connectivity index (χ0) is 16.6. The second-order valence-electron chi connectivity index (χ2n) is 5.60. The van der Waals surface area contributed by atoms with Crippen molar-refractivity contribution in [3.63, 3.8) is 0 Å². The van der Waals surface area contributed by atoms with Gasteiger partial charge in [0.2, 0.25) is 0 Å². The van der Waals surface area contributed by atoms with Crippen LogP contribution in [0.25, 0.3) is 11.0 Å². The predicted molar refractivity (Wildman–Crippen MR) is 87.0 cm³/mol. The zero-order valence-corrected chi connectivity index (χ0v) is 14.5. The molecule has 1 aliphatic rings. The van der Waals surface area contributed by atoms with E-state index in [0.29, 0.717) is 30.5 Å². The summed E-state index contributed by atoms with van der Waals surface area (Å²) in [4.78, 5) is 22.3. The van der Waals surface area contributed by atoms with Crippen LogP contribution in [-0.2, 0) is 16.6 Å². The second kappa shape index (κ2) is 6.40. The lowest BCUT2D eigenvalue weighted by Gasteiger charge is -2.34. The molecule has 1 N–H and O–H groups in total. The van der Waals surface area contributed by atoms with E-state index in [4.69, 9.17) is 0 Å². The van der Waals surface area contributed by atoms with Crippen LogP contribution in [0.1, 0.15) is 12.8 Å². The van der Waals surface area contributed by atoms with Gasteiger partial charge in [0.1, 0.15) is 16.7 Å². The Morgan fingerprint density at radius 2 is 2.13 bits per heavy atom. The molecule has 1 unspecified atom stereocenters. The second-order valence-corrected chi connectivity index (χ2v) is 6.35. The molecule has 1 fully saturated rings. The molecule has 0 saturated carbocycles. The Morgan fingerprint density at radius 3 is 2.78 bits per heavy atom. The number of nitrogens with zero attached hydrogens (tertiary/aromatic N) is 5. The summed E-state index contributed by atoms with van der Waals surface area (Å²) in [5.41, 5.74) is 0.763. The van der Waals surface area contributed by atoms with E-state index < -0.39 is 12.1 Å². The number of aliphatic hydroxyl groups is 1. The minimum Gasteiger partial charge on any atom is -0.467 e. The van der Waals surface area contributed by atoms with Gasteiger partial charge in [0.25, 0.3) is 0 Å². The molecule has 0 bridgehead atoms. The Balaban J connectivity index is 1.80. The third-order valence-corrected chi connectivity index (χ3v) is 4.84. The Hall–Kier alpha value is -1.74. The third-order valence-electron chi connectivity index (χ3n) is 4.29. The van der Waals surface area contributed by atoms with Gasteiger partial charge in [-0.1, -0.05) is 0 Å². The first-order chi connectivity index (χ1) is 11.0. The molecule has 2 aromatic rings. The van der Waals surface area contributed by atoms with E-state index in [1.165, 1.54) is 13.4 Å². The quantitative estimate of drug-likeness (QED) is 0.786. The molecule has 1 atom stereocenters. The molecule has 1 saturated heterocycles. The Labute approximate surface area is 141 Å². The number of methoxy groups -OCH3 is 1. The molecule has 2 aromatic heterocycles. The topological polar surface area (TPSA) is 93.4 Å². The van der Waals surface area contributed by atoms with Gasteiger partial charge in [-0.05, 0) is 34.7 Å². The molecule has 124 valence electrons. The fraction of sp³-hybridized carbons (Fsp3) is 0.571. The lowest BCUT2D eigenvalue weighted by molar-refractivity contribution is -0.153. The molecule has 3 rings (SSSR count). The highest BCUT2D eigenvalue weighted by Crippen LogP contribution is 2.32. The van der Waals surface area contributed by atoms with Crippen molar-refractivity contribution in [1.29, 1.82) is 0 Å². The van der Waals surface area contributed by atoms with Crippen molar-refractivity contribution in [2.24, 2.45) is 13.0 Å². The molecule has 0 radical (unpaired) electrons. The van der Waals surface area contributed by atoms with E-state index in [1.54, 1.807) is 4.68 Å². The molecular weight excluding hydrogens is 366 g/mol. The maximum atomic E-state index is 11.5. The van der Waals surface area contributed by atoms with Crippen molar-refractivity contribution in [2.75, 3.05) is 25.1 Å². The van der Waals surface area contributed by atoms with Crippen molar-refractivity contribution >= 4 is 38.8 Å². The van der Waals surface area contributed by atoms with Crippen LogP contribution in [-0.4, -0.2) is 57.1 Å². The molecule has 23 heavy (non-hydrogen) atoms. The van der Waals surface area contributed by atoms with Crippen LogP contribution in [0.2, 0.25) is 0 Å². The van der Waals surface area contributed by atoms with Gasteiger partial charge >= 0.3 is 5.97 Å². The van der Waals surface area contributed by atoms with E-state index in [-0.39, 0.29) is 5.92 Å². The molecule has 0 spiro atoms. The highest BCUT2D eigenvalue weighted by Gasteiger charge is 2.31. The maximum Gasteiger partial charge on any atom is 0.334 e. The summed E-state index contributed by atoms with van der Waals surface area (Å²) >= 11 is 3.46. The van der Waals surface area contributed by atoms with Crippen LogP contribution in [0.15, 0.2) is 10.9 Å². The number of rotatable bonds is 3. The first-order valence-corrected chi connectivity index (χ1v) is 8.16. The highest BCUT2D eigenvalue weighted by atomic mass is 79.9. The smallest absolute Gasteiger partial charge is 0.334 e. The number of hydrogen-bond acceptors (Lipinski definition) is 7. The van der Waals surface area contributed by atoms with Crippen LogP contribution >= 0.6 is 15.9 Å². The standard InChI is InChI=1S/C14H18BrN5O3/c1-19-12-9(11(15)18-19)13(17-7-16-12)20-5-3-8(4-6-20)10(21)14(22)23-2/h7-8,10,21H,3-6H2,1-2H3. The summed E-state index contributed by atoms with van der Waals surface area (Å²) in [6.45, 7) is 1.40. The summed E-state index contributed by atoms with van der Waals surface area (Å²) in [6, 6.07) is 0. The van der Waals surface area contributed by atoms with Crippen LogP contribution in [0.4, 0.5) is 5.82 Å². The number of piperidine rings is 1. The van der Waals surface area contributed by atoms with Crippen molar-refractivity contribution < 1.29 is 14.6 Å². The van der Waals surface area contributed by atoms with E-state index in [2.05, 4.69) is 40.6 Å². The highest BCUT2D eigenvalue weighted by molar-refractivity contribution is 9.10. The van der Waals surface area contributed by atoms with E-state index >= 15 is 0 Å². The van der Waals surface area contributed by atoms with Crippen molar-refractivity contribution in [1.82, 2.24) is 19.7 Å². The van der Waals surface area contributed by atoms with Gasteiger partial charge in [-0.2, -0.15) is 5.10 Å². The van der Waals surface area contributed by atoms with Crippen LogP contribution < -0.4 is 4.90 Å². The molecule has 3 heterocycles. The fourth-order valence-corrected chi connectivity index (χ4v) is 3.60. The maximum absolute atomic E-state index is 11.5. The van der Waals surface area contributed by atoms with Crippen molar-refractivity contribution in [3.05, 3.63) is 10.9 Å². The molecule has 8 nitrogen and oxygen atoms in total. The first kappa shape index (κ1) is 16.1. The monoisotopic (exact) mass is 383 g/mol. The zero-order valence-electron chi connectivity index (χ0n) is 12.9. The van der Waals surface area contributed by atoms with Crippen LogP contribution in [0.5, 0.6) is 0 Å². The van der Waals surface area contributed by atoms with Gasteiger partial charge in [0.15, 0.2) is 11.8 Å². The Morgan fingerprint density at radius 1 is 1.43 bits per heavy atom. The number of anilines is 1. The Bertz CT molecular complexity index is 727. The minimum atomic E-state index is -1.06. The van der Waals surface area contributed by atoms with Crippen LogP contribution in [0, 0.1) is 5.92 Å². The van der Waals surface area contributed by atoms with Gasteiger partial charge < -0.3 is 14.7 Å². The predicted octanol–water partition coefficient (Wildman–Crippen LogP) is 0.876. The van der Waals surface area contributed by atoms with E-state index in [0.717, 1.165) is 16.9 Å². The van der Waals surface area contributed by atoms with E-state index in [1.807, 2.05) is 7.05 Å². The molecule has 0 aliphatic carbocycles. The van der Waals surface area contributed by atoms with Crippen molar-refractivity contribution in [2.45, 2.75) is 18.9 Å². The minimum absolute atomic E-state index is 0.0895. The number of carbonyl (C=O) groups excluding carboxylic acids is 1. The lowest BCUT2D eigenvalue weighted by atomic mass is 9.91. The molecular formula is C14H18BrN5O3. The normalized spacial score (nSPS) is 17.5. The summed E-state index contributed by atoms with van der Waals surface area (Å²) in [5, 5.41) is 15.2. The number of ether oxygens (including phenoxy) is 1. The number of fused-ring (bicyclic) bond motifs is 1. The van der Waals surface area contributed by atoms with Gasteiger partial charge in [-0.3, -0.25) is 0 Å². The SMILES string of the molecule is COC(=O)C(O)C1CCN(c2ncnc3c2c(Br)nn3C)CC1. The Kier molecular flexibility index (Phi) is 4.49. The molecule has 1 aliphatic heterocycles. The largest absolute Gasteiger partial charge is 0.467 e. The van der Waals surface area contributed by atoms with Gasteiger partial charge in [-0.15, -0.1) is 0 Å². The summed E-state index contributed by atoms with van der Waals surface area (Å²) in [5.74, 6) is 0.164. The van der Waals surface area contributed by atoms with E-state index in [9.17, 15) is 9.90 Å². The number of hydrogen-bond donors (Lipinski definition) is 1. The summed E-state index contributed by atoms with van der Waals surface area (Å²) in [6.07, 6.45) is 1.86. The number of aromatic nitrogens is 4. The lowest BCUT2D eigenvalue weighted by Crippen LogP contribution is -2.41. The van der Waals surface area contributed by atoms with Crippen molar-refractivity contribution in [3.8, 4) is 0 Å². The number of carbonyl (C=O) groups is 1. The summed E-state index contributed by atoms with van der Waals surface area (Å²) < 4.78 is 7.03. The average Bonchev–Trinajstić information content (AvgIpc) is 2.88. The number of aliphatic hydroxyl groups excluding tert-OH is 1. The fourth-order valence-electron chi connectivity index (χ4n) is 3.01. The first-order valence-electron chi connectivity index (χ1n) is 7.37. The van der Waals surface area contributed by atoms with Gasteiger partial charge in [0.05, 0.1) is 12.5 Å². The third kappa shape index (κ3) is 2.90. The molecule has 0 aromatic carbocycles. The number of aryl methyl sites for hydroxylation is 1. The molecule has 0 amide bonds. The van der Waals surface area contributed by atoms with Gasteiger partial charge in [0, 0.05) is 20.1 Å². The number of halogens is 1. The van der Waals surface area contributed by atoms with Crippen LogP contribution in [0.3, 0.4) is 0 Å². The average molecular weight is 384 g/mol. The van der Waals surface area contributed by atoms with Gasteiger partial charge in [-0.25, -0.2) is 19.4 Å². The summed E-state index contributed by atoms with van der Waals surface area (Å²) in [7, 11) is 3.13. The molecule has 9 heteroatoms. The number of esters is 1.